The molecule has 34 heavy (non-hydrogen) atoms. The van der Waals surface area contributed by atoms with E-state index in [1.165, 1.54) is 6.20 Å². The van der Waals surface area contributed by atoms with Crippen LogP contribution in [0, 0.1) is 0 Å². The van der Waals surface area contributed by atoms with E-state index in [4.69, 9.17) is 10.3 Å². The molecule has 2 aromatic heterocycles. The van der Waals surface area contributed by atoms with Gasteiger partial charge in [0.1, 0.15) is 16.5 Å². The van der Waals surface area contributed by atoms with Crippen molar-refractivity contribution in [2.24, 2.45) is 5.73 Å². The maximum Gasteiger partial charge on any atom is 0.273 e. The number of carbonyl (C=O) groups is 1. The molecular weight excluding hydrogens is 456 g/mol. The second-order valence-electron chi connectivity index (χ2n) is 9.08. The Morgan fingerprint density at radius 3 is 2.47 bits per heavy atom. The topological polar surface area (TPSA) is 143 Å². The number of hydrogen-bond acceptors (Lipinski definition) is 8. The van der Waals surface area contributed by atoms with E-state index in [2.05, 4.69) is 20.8 Å². The molecular formula is C23H34N6O4S. The first-order chi connectivity index (χ1) is 16.4. The van der Waals surface area contributed by atoms with E-state index < -0.39 is 10.0 Å². The lowest BCUT2D eigenvalue weighted by Crippen LogP contribution is -2.56. The van der Waals surface area contributed by atoms with Crippen molar-refractivity contribution in [3.05, 3.63) is 35.9 Å². The van der Waals surface area contributed by atoms with Gasteiger partial charge in [-0.3, -0.25) is 4.79 Å². The molecule has 10 nitrogen and oxygen atoms in total. The smallest absolute Gasteiger partial charge is 0.273 e. The van der Waals surface area contributed by atoms with E-state index in [0.29, 0.717) is 50.5 Å². The Morgan fingerprint density at radius 2 is 1.91 bits per heavy atom. The van der Waals surface area contributed by atoms with Gasteiger partial charge in [0.15, 0.2) is 5.69 Å². The first-order valence-electron chi connectivity index (χ1n) is 12.1. The third-order valence-electron chi connectivity index (χ3n) is 6.61. The molecule has 0 radical (unpaired) electrons. The Kier molecular flexibility index (Phi) is 7.54. The molecule has 1 aliphatic heterocycles. The van der Waals surface area contributed by atoms with Crippen LogP contribution in [0.4, 0.5) is 5.82 Å². The number of anilines is 1. The Hall–Kier alpha value is -2.50. The van der Waals surface area contributed by atoms with Crippen molar-refractivity contribution in [2.45, 2.75) is 81.3 Å². The molecule has 2 aromatic rings. The van der Waals surface area contributed by atoms with Crippen LogP contribution in [0.2, 0.25) is 0 Å². The summed E-state index contributed by atoms with van der Waals surface area (Å²) in [5.74, 6) is 1.47. The van der Waals surface area contributed by atoms with Gasteiger partial charge < -0.3 is 20.9 Å². The Labute approximate surface area is 200 Å². The molecule has 2 atom stereocenters. The molecule has 0 aromatic carbocycles. The number of piperidine rings is 1. The highest BCUT2D eigenvalue weighted by Gasteiger charge is 2.42. The highest BCUT2D eigenvalue weighted by molar-refractivity contribution is 7.89. The molecule has 1 saturated heterocycles. The fourth-order valence-corrected chi connectivity index (χ4v) is 6.56. The zero-order valence-electron chi connectivity index (χ0n) is 19.7. The molecule has 2 aliphatic rings. The van der Waals surface area contributed by atoms with Crippen LogP contribution in [0.5, 0.6) is 0 Å². The van der Waals surface area contributed by atoms with Gasteiger partial charge in [-0.15, -0.1) is 0 Å². The lowest BCUT2D eigenvalue weighted by atomic mass is 9.91. The molecule has 186 valence electrons. The van der Waals surface area contributed by atoms with Crippen LogP contribution < -0.4 is 16.4 Å². The maximum atomic E-state index is 13.6. The van der Waals surface area contributed by atoms with Crippen molar-refractivity contribution >= 4 is 21.7 Å². The van der Waals surface area contributed by atoms with Gasteiger partial charge in [0, 0.05) is 49.4 Å². The largest absolute Gasteiger partial charge is 0.369 e. The Bertz CT molecular complexity index is 1070. The zero-order chi connectivity index (χ0) is 24.3. The Balaban J connectivity index is 1.47. The van der Waals surface area contributed by atoms with Crippen LogP contribution in [0.1, 0.15) is 74.5 Å². The van der Waals surface area contributed by atoms with Gasteiger partial charge in [-0.2, -0.15) is 4.31 Å². The van der Waals surface area contributed by atoms with Crippen LogP contribution in [0.3, 0.4) is 0 Å². The number of nitrogens with two attached hydrogens (primary N) is 1. The number of carbonyl (C=O) groups excluding carboxylic acids is 1. The molecule has 1 saturated carbocycles. The summed E-state index contributed by atoms with van der Waals surface area (Å²) in [6.45, 7) is 4.97. The normalized spacial score (nSPS) is 23.6. The van der Waals surface area contributed by atoms with Crippen molar-refractivity contribution in [2.75, 3.05) is 18.4 Å². The first-order valence-corrected chi connectivity index (χ1v) is 13.5. The SMILES string of the molecule is CCC1CC(NC(=O)c2cc(C3CC3)on2)CC(CC)N1S(=O)(=O)c1ccc(NCCN)nc1. The number of rotatable bonds is 10. The van der Waals surface area contributed by atoms with Gasteiger partial charge in [0.2, 0.25) is 10.0 Å². The summed E-state index contributed by atoms with van der Waals surface area (Å²) >= 11 is 0. The van der Waals surface area contributed by atoms with Crippen molar-refractivity contribution in [3.8, 4) is 0 Å². The van der Waals surface area contributed by atoms with Gasteiger partial charge >= 0.3 is 0 Å². The third-order valence-corrected chi connectivity index (χ3v) is 8.60. The number of amides is 1. The quantitative estimate of drug-likeness (QED) is 0.461. The zero-order valence-corrected chi connectivity index (χ0v) is 20.6. The summed E-state index contributed by atoms with van der Waals surface area (Å²) in [4.78, 5) is 17.2. The first kappa shape index (κ1) is 24.6. The van der Waals surface area contributed by atoms with Crippen LogP contribution >= 0.6 is 0 Å². The molecule has 0 spiro atoms. The maximum absolute atomic E-state index is 13.6. The molecule has 1 aliphatic carbocycles. The molecule has 3 heterocycles. The molecule has 1 amide bonds. The van der Waals surface area contributed by atoms with Crippen LogP contribution in [-0.4, -0.2) is 60.0 Å². The lowest BCUT2D eigenvalue weighted by molar-refractivity contribution is 0.0866. The summed E-state index contributed by atoms with van der Waals surface area (Å²) < 4.78 is 34.2. The van der Waals surface area contributed by atoms with Crippen molar-refractivity contribution in [3.63, 3.8) is 0 Å². The standard InChI is InChI=1S/C23H34N6O4S/c1-3-17-11-16(27-23(30)20-13-21(33-28-20)15-5-6-15)12-18(4-2)29(17)34(31,32)19-7-8-22(26-14-19)25-10-9-24/h7-8,13-18H,3-6,9-12,24H2,1-2H3,(H,25,26)(H,27,30). The van der Waals surface area contributed by atoms with E-state index in [1.54, 1.807) is 22.5 Å². The Morgan fingerprint density at radius 1 is 1.21 bits per heavy atom. The molecule has 0 bridgehead atoms. The monoisotopic (exact) mass is 490 g/mol. The highest BCUT2D eigenvalue weighted by Crippen LogP contribution is 2.40. The van der Waals surface area contributed by atoms with Crippen LogP contribution in [-0.2, 0) is 10.0 Å². The number of aromatic nitrogens is 2. The van der Waals surface area contributed by atoms with Crippen molar-refractivity contribution in [1.29, 1.82) is 0 Å². The second kappa shape index (κ2) is 10.4. The number of nitrogens with zero attached hydrogens (tertiary/aromatic N) is 3. The summed E-state index contributed by atoms with van der Waals surface area (Å²) in [6.07, 6.45) is 5.89. The van der Waals surface area contributed by atoms with Crippen LogP contribution in [0.25, 0.3) is 0 Å². The minimum atomic E-state index is -3.75. The fourth-order valence-electron chi connectivity index (χ4n) is 4.64. The van der Waals surface area contributed by atoms with Crippen molar-refractivity contribution < 1.29 is 17.7 Å². The average Bonchev–Trinajstić information content (AvgIpc) is 3.58. The summed E-state index contributed by atoms with van der Waals surface area (Å²) in [5.41, 5.74) is 5.78. The number of pyridine rings is 1. The molecule has 4 rings (SSSR count). The second-order valence-corrected chi connectivity index (χ2v) is 10.9. The predicted octanol–water partition coefficient (Wildman–Crippen LogP) is 2.46. The van der Waals surface area contributed by atoms with Crippen LogP contribution in [0.15, 0.2) is 33.8 Å². The number of nitrogens with one attached hydrogen (secondary N) is 2. The van der Waals surface area contributed by atoms with E-state index >= 15 is 0 Å². The predicted molar refractivity (Wildman–Crippen MR) is 128 cm³/mol. The highest BCUT2D eigenvalue weighted by atomic mass is 32.2. The molecule has 11 heteroatoms. The molecule has 2 fully saturated rings. The van der Waals surface area contributed by atoms with Gasteiger partial charge in [0.25, 0.3) is 5.91 Å². The number of hydrogen-bond donors (Lipinski definition) is 3. The van der Waals surface area contributed by atoms with E-state index in [9.17, 15) is 13.2 Å². The number of sulfonamides is 1. The fraction of sp³-hybridized carbons (Fsp3) is 0.609. The summed E-state index contributed by atoms with van der Waals surface area (Å²) in [7, 11) is -3.75. The van der Waals surface area contributed by atoms with E-state index in [1.807, 2.05) is 13.8 Å². The average molecular weight is 491 g/mol. The minimum absolute atomic E-state index is 0.143. The van der Waals surface area contributed by atoms with Gasteiger partial charge in [-0.25, -0.2) is 13.4 Å². The summed E-state index contributed by atoms with van der Waals surface area (Å²) in [6, 6.07) is 4.35. The van der Waals surface area contributed by atoms with Gasteiger partial charge in [-0.1, -0.05) is 19.0 Å². The van der Waals surface area contributed by atoms with E-state index in [-0.39, 0.29) is 34.6 Å². The van der Waals surface area contributed by atoms with Gasteiger partial charge in [0.05, 0.1) is 0 Å². The van der Waals surface area contributed by atoms with E-state index in [0.717, 1.165) is 18.6 Å². The van der Waals surface area contributed by atoms with Gasteiger partial charge in [-0.05, 0) is 50.7 Å². The van der Waals surface area contributed by atoms with Crippen molar-refractivity contribution in [1.82, 2.24) is 19.8 Å². The summed E-state index contributed by atoms with van der Waals surface area (Å²) in [5, 5.41) is 10.0. The molecule has 4 N–H and O–H groups in total. The third kappa shape index (κ3) is 5.26. The minimum Gasteiger partial charge on any atom is -0.369 e. The molecule has 2 unspecified atom stereocenters. The lowest BCUT2D eigenvalue weighted by Gasteiger charge is -2.44.